The van der Waals surface area contributed by atoms with E-state index in [0.29, 0.717) is 29.6 Å². The van der Waals surface area contributed by atoms with E-state index in [1.54, 1.807) is 24.3 Å². The fourth-order valence-electron chi connectivity index (χ4n) is 1.43. The van der Waals surface area contributed by atoms with Crippen molar-refractivity contribution < 1.29 is 4.79 Å². The van der Waals surface area contributed by atoms with Crippen LogP contribution in [0.1, 0.15) is 0 Å². The minimum atomic E-state index is -0.314. The molecule has 9 heteroatoms. The van der Waals surface area contributed by atoms with Gasteiger partial charge < -0.3 is 16.4 Å². The molecule has 0 radical (unpaired) electrons. The number of urea groups is 1. The number of amides is 2. The number of nitrogens with two attached hydrogens (primary N) is 1. The fourth-order valence-corrected chi connectivity index (χ4v) is 1.62. The van der Waals surface area contributed by atoms with Crippen LogP contribution in [-0.4, -0.2) is 39.3 Å². The molecule has 0 saturated heterocycles. The van der Waals surface area contributed by atoms with E-state index in [1.807, 2.05) is 0 Å². The number of tetrazole rings is 1. The maximum absolute atomic E-state index is 11.5. The summed E-state index contributed by atoms with van der Waals surface area (Å²) in [5, 5.41) is 16.6. The molecule has 0 aliphatic rings. The van der Waals surface area contributed by atoms with Gasteiger partial charge >= 0.3 is 6.03 Å². The molecule has 2 amide bonds. The first kappa shape index (κ1) is 13.3. The van der Waals surface area contributed by atoms with Crippen LogP contribution in [-0.2, 0) is 0 Å². The Morgan fingerprint density at radius 2 is 2.32 bits per heavy atom. The van der Waals surface area contributed by atoms with E-state index < -0.39 is 0 Å². The van der Waals surface area contributed by atoms with Gasteiger partial charge in [0.2, 0.25) is 5.16 Å². The van der Waals surface area contributed by atoms with Crippen molar-refractivity contribution in [2.45, 2.75) is 5.16 Å². The summed E-state index contributed by atoms with van der Waals surface area (Å²) in [5.74, 6) is 0. The molecule has 0 bridgehead atoms. The lowest BCUT2D eigenvalue weighted by molar-refractivity contribution is 0.252. The molecule has 19 heavy (non-hydrogen) atoms. The van der Waals surface area contributed by atoms with Crippen LogP contribution < -0.4 is 16.4 Å². The first-order chi connectivity index (χ1) is 9.20. The number of carbonyl (C=O) groups is 1. The summed E-state index contributed by atoms with van der Waals surface area (Å²) >= 11 is 4.12. The highest BCUT2D eigenvalue weighted by molar-refractivity contribution is 7.80. The monoisotopic (exact) mass is 279 g/mol. The third kappa shape index (κ3) is 3.42. The van der Waals surface area contributed by atoms with E-state index in [0.717, 1.165) is 0 Å². The fraction of sp³-hybridized carbons (Fsp3) is 0.200. The lowest BCUT2D eigenvalue weighted by Crippen LogP contribution is -2.32. The Morgan fingerprint density at radius 1 is 1.47 bits per heavy atom. The summed E-state index contributed by atoms with van der Waals surface area (Å²) in [4.78, 5) is 11.5. The number of aromatic nitrogens is 4. The normalized spacial score (nSPS) is 10.2. The Morgan fingerprint density at radius 3 is 3.00 bits per heavy atom. The summed E-state index contributed by atoms with van der Waals surface area (Å²) in [5.41, 5.74) is 6.62. The third-order valence-corrected chi connectivity index (χ3v) is 2.51. The van der Waals surface area contributed by atoms with E-state index >= 15 is 0 Å². The maximum Gasteiger partial charge on any atom is 0.319 e. The summed E-state index contributed by atoms with van der Waals surface area (Å²) < 4.78 is 1.45. The summed E-state index contributed by atoms with van der Waals surface area (Å²) in [7, 11) is 0. The van der Waals surface area contributed by atoms with Crippen molar-refractivity contribution in [3.8, 4) is 5.69 Å². The predicted molar refractivity (Wildman–Crippen MR) is 72.5 cm³/mol. The Labute approximate surface area is 114 Å². The van der Waals surface area contributed by atoms with Crippen LogP contribution in [0.2, 0.25) is 0 Å². The highest BCUT2D eigenvalue weighted by Crippen LogP contribution is 2.15. The second-order valence-electron chi connectivity index (χ2n) is 3.61. The number of carbonyl (C=O) groups excluding carboxylic acids is 1. The van der Waals surface area contributed by atoms with Crippen molar-refractivity contribution in [1.82, 2.24) is 25.5 Å². The second kappa shape index (κ2) is 6.16. The molecule has 0 atom stereocenters. The van der Waals surface area contributed by atoms with Crippen LogP contribution in [0, 0.1) is 0 Å². The Hall–Kier alpha value is -2.13. The summed E-state index contributed by atoms with van der Waals surface area (Å²) in [6, 6.07) is 6.76. The Bertz CT molecular complexity index is 571. The van der Waals surface area contributed by atoms with Crippen LogP contribution in [0.3, 0.4) is 0 Å². The van der Waals surface area contributed by atoms with E-state index in [4.69, 9.17) is 5.73 Å². The molecule has 4 N–H and O–H groups in total. The van der Waals surface area contributed by atoms with Crippen molar-refractivity contribution in [3.05, 3.63) is 24.3 Å². The van der Waals surface area contributed by atoms with Crippen molar-refractivity contribution >= 4 is 24.3 Å². The molecule has 1 aromatic heterocycles. The van der Waals surface area contributed by atoms with Crippen molar-refractivity contribution in [2.75, 3.05) is 18.4 Å². The molecule has 0 spiro atoms. The van der Waals surface area contributed by atoms with Crippen molar-refractivity contribution in [3.63, 3.8) is 0 Å². The standard InChI is InChI=1S/C10H13N7OS/c11-4-5-12-9(18)13-7-2-1-3-8(6-7)17-10(19)14-15-16-17/h1-3,6H,4-5,11H2,(H2,12,13,18)(H,14,16,19). The molecule has 2 rings (SSSR count). The first-order valence-electron chi connectivity index (χ1n) is 5.53. The Balaban J connectivity index is 2.12. The van der Waals surface area contributed by atoms with Gasteiger partial charge in [0, 0.05) is 18.8 Å². The number of rotatable bonds is 4. The van der Waals surface area contributed by atoms with E-state index in [1.165, 1.54) is 4.68 Å². The van der Waals surface area contributed by atoms with E-state index in [-0.39, 0.29) is 6.03 Å². The number of thiol groups is 1. The molecule has 0 fully saturated rings. The average molecular weight is 279 g/mol. The van der Waals surface area contributed by atoms with E-state index in [2.05, 4.69) is 38.8 Å². The quantitative estimate of drug-likeness (QED) is 0.590. The molecule has 1 heterocycles. The van der Waals surface area contributed by atoms with Gasteiger partial charge in [0.15, 0.2) is 0 Å². The molecule has 1 aromatic carbocycles. The van der Waals surface area contributed by atoms with Gasteiger partial charge in [0.25, 0.3) is 0 Å². The molecule has 0 aliphatic carbocycles. The molecular weight excluding hydrogens is 266 g/mol. The molecule has 2 aromatic rings. The van der Waals surface area contributed by atoms with Crippen molar-refractivity contribution in [2.24, 2.45) is 5.73 Å². The minimum absolute atomic E-state index is 0.314. The maximum atomic E-state index is 11.5. The first-order valence-corrected chi connectivity index (χ1v) is 5.98. The molecular formula is C10H13N7OS. The molecule has 0 unspecified atom stereocenters. The van der Waals surface area contributed by atoms with Gasteiger partial charge in [0.1, 0.15) is 0 Å². The average Bonchev–Trinajstić information content (AvgIpc) is 2.83. The number of nitrogens with one attached hydrogen (secondary N) is 2. The topological polar surface area (TPSA) is 111 Å². The van der Waals surface area contributed by atoms with Gasteiger partial charge in [0.05, 0.1) is 5.69 Å². The summed E-state index contributed by atoms with van der Waals surface area (Å²) in [6.07, 6.45) is 0. The van der Waals surface area contributed by atoms with Gasteiger partial charge in [-0.15, -0.1) is 17.7 Å². The number of hydrogen-bond donors (Lipinski definition) is 4. The van der Waals surface area contributed by atoms with Crippen molar-refractivity contribution in [1.29, 1.82) is 0 Å². The molecule has 0 saturated carbocycles. The number of anilines is 1. The van der Waals surface area contributed by atoms with Crippen LogP contribution >= 0.6 is 12.6 Å². The molecule has 100 valence electrons. The van der Waals surface area contributed by atoms with Crippen LogP contribution in [0.4, 0.5) is 10.5 Å². The Kier molecular flexibility index (Phi) is 4.31. The SMILES string of the molecule is NCCNC(=O)Nc1cccc(-n2nnnc2S)c1. The minimum Gasteiger partial charge on any atom is -0.337 e. The van der Waals surface area contributed by atoms with E-state index in [9.17, 15) is 4.79 Å². The second-order valence-corrected chi connectivity index (χ2v) is 4.01. The zero-order chi connectivity index (χ0) is 13.7. The number of hydrogen-bond acceptors (Lipinski definition) is 6. The van der Waals surface area contributed by atoms with Gasteiger partial charge in [-0.2, -0.15) is 4.68 Å². The number of benzene rings is 1. The zero-order valence-electron chi connectivity index (χ0n) is 9.95. The van der Waals surface area contributed by atoms with Crippen LogP contribution in [0.15, 0.2) is 29.4 Å². The highest BCUT2D eigenvalue weighted by Gasteiger charge is 2.06. The zero-order valence-corrected chi connectivity index (χ0v) is 10.8. The molecule has 0 aliphatic heterocycles. The highest BCUT2D eigenvalue weighted by atomic mass is 32.1. The lowest BCUT2D eigenvalue weighted by Gasteiger charge is -2.08. The predicted octanol–water partition coefficient (Wildman–Crippen LogP) is 0.0312. The largest absolute Gasteiger partial charge is 0.337 e. The summed E-state index contributed by atoms with van der Waals surface area (Å²) in [6.45, 7) is 0.806. The smallest absolute Gasteiger partial charge is 0.319 e. The van der Waals surface area contributed by atoms with Gasteiger partial charge in [-0.1, -0.05) is 6.07 Å². The van der Waals surface area contributed by atoms with Gasteiger partial charge in [-0.3, -0.25) is 0 Å². The lowest BCUT2D eigenvalue weighted by atomic mass is 10.3. The van der Waals surface area contributed by atoms with Crippen LogP contribution in [0.5, 0.6) is 0 Å². The van der Waals surface area contributed by atoms with Gasteiger partial charge in [-0.25, -0.2) is 4.79 Å². The third-order valence-electron chi connectivity index (χ3n) is 2.23. The molecule has 8 nitrogen and oxygen atoms in total. The van der Waals surface area contributed by atoms with Gasteiger partial charge in [-0.05, 0) is 28.6 Å². The number of nitrogens with zero attached hydrogens (tertiary/aromatic N) is 4. The van der Waals surface area contributed by atoms with Crippen LogP contribution in [0.25, 0.3) is 5.69 Å².